The van der Waals surface area contributed by atoms with Crippen molar-refractivity contribution >= 4 is 16.7 Å². The zero-order chi connectivity index (χ0) is 19.0. The average molecular weight is 362 g/mol. The topological polar surface area (TPSA) is 60.3 Å². The third-order valence-electron chi connectivity index (χ3n) is 4.84. The molecule has 1 heterocycles. The Bertz CT molecular complexity index is 1070. The molecule has 1 unspecified atom stereocenters. The minimum absolute atomic E-state index is 0.0548. The number of rotatable bonds is 5. The van der Waals surface area contributed by atoms with E-state index in [9.17, 15) is 9.59 Å². The summed E-state index contributed by atoms with van der Waals surface area (Å²) >= 11 is 0. The van der Waals surface area contributed by atoms with Gasteiger partial charge < -0.3 is 14.6 Å². The lowest BCUT2D eigenvalue weighted by Crippen LogP contribution is -2.37. The van der Waals surface area contributed by atoms with Crippen LogP contribution in [0.5, 0.6) is 5.75 Å². The van der Waals surface area contributed by atoms with Crippen molar-refractivity contribution in [3.63, 3.8) is 0 Å². The van der Waals surface area contributed by atoms with Gasteiger partial charge in [-0.1, -0.05) is 24.3 Å². The molecule has 1 N–H and O–H groups in total. The highest BCUT2D eigenvalue weighted by Crippen LogP contribution is 2.33. The van der Waals surface area contributed by atoms with Gasteiger partial charge in [0.25, 0.3) is 5.91 Å². The summed E-state index contributed by atoms with van der Waals surface area (Å²) in [7, 11) is 1.73. The summed E-state index contributed by atoms with van der Waals surface area (Å²) in [6.07, 6.45) is 3.34. The molecule has 5 nitrogen and oxygen atoms in total. The van der Waals surface area contributed by atoms with Crippen molar-refractivity contribution in [1.82, 2.24) is 9.88 Å². The maximum Gasteiger partial charge on any atom is 0.260 e. The van der Waals surface area contributed by atoms with Crippen molar-refractivity contribution in [2.75, 3.05) is 0 Å². The molecular weight excluding hydrogens is 340 g/mol. The maximum absolute atomic E-state index is 12.2. The van der Waals surface area contributed by atoms with E-state index in [0.29, 0.717) is 11.8 Å². The Morgan fingerprint density at radius 3 is 2.70 bits per heavy atom. The fourth-order valence-electron chi connectivity index (χ4n) is 3.15. The maximum atomic E-state index is 12.2. The summed E-state index contributed by atoms with van der Waals surface area (Å²) in [5.74, 6) is 0.547. The molecule has 27 heavy (non-hydrogen) atoms. The van der Waals surface area contributed by atoms with E-state index >= 15 is 0 Å². The minimum Gasteiger partial charge on any atom is -0.481 e. The molecule has 1 aliphatic carbocycles. The van der Waals surface area contributed by atoms with Crippen LogP contribution >= 0.6 is 0 Å². The standard InChI is InChI=1S/C22H22N2O3/c1-14(22(26)23-17-8-9-17)27-18-11-15-5-3-4-6-19(15)20(12-18)16-7-10-21(25)24(2)13-16/h3-7,10-14,17H,8-9H2,1-2H3,(H,23,26). The number of amides is 1. The number of aryl methyl sites for hydroxylation is 1. The predicted molar refractivity (Wildman–Crippen MR) is 106 cm³/mol. The van der Waals surface area contributed by atoms with Crippen LogP contribution in [0, 0.1) is 0 Å². The Kier molecular flexibility index (Phi) is 4.44. The number of carbonyl (C=O) groups excluding carboxylic acids is 1. The van der Waals surface area contributed by atoms with Gasteiger partial charge in [0, 0.05) is 25.4 Å². The quantitative estimate of drug-likeness (QED) is 0.758. The first kappa shape index (κ1) is 17.3. The van der Waals surface area contributed by atoms with Gasteiger partial charge in [0.1, 0.15) is 5.75 Å². The molecule has 3 aromatic rings. The van der Waals surface area contributed by atoms with Gasteiger partial charge in [0.2, 0.25) is 5.56 Å². The number of aromatic nitrogens is 1. The van der Waals surface area contributed by atoms with Gasteiger partial charge in [0.05, 0.1) is 0 Å². The van der Waals surface area contributed by atoms with E-state index in [1.807, 2.05) is 48.7 Å². The second-order valence-corrected chi connectivity index (χ2v) is 7.10. The van der Waals surface area contributed by atoms with Gasteiger partial charge in [-0.3, -0.25) is 9.59 Å². The van der Waals surface area contributed by atoms with Crippen LogP contribution in [-0.4, -0.2) is 22.6 Å². The fourth-order valence-corrected chi connectivity index (χ4v) is 3.15. The van der Waals surface area contributed by atoms with E-state index in [4.69, 9.17) is 4.74 Å². The van der Waals surface area contributed by atoms with Crippen LogP contribution in [0.15, 0.2) is 59.5 Å². The number of pyridine rings is 1. The average Bonchev–Trinajstić information content (AvgIpc) is 3.47. The molecule has 0 aliphatic heterocycles. The van der Waals surface area contributed by atoms with Crippen LogP contribution in [0.2, 0.25) is 0 Å². The number of hydrogen-bond donors (Lipinski definition) is 1. The molecule has 0 radical (unpaired) electrons. The van der Waals surface area contributed by atoms with E-state index in [2.05, 4.69) is 5.32 Å². The first-order valence-corrected chi connectivity index (χ1v) is 9.18. The monoisotopic (exact) mass is 362 g/mol. The van der Waals surface area contributed by atoms with E-state index < -0.39 is 6.10 Å². The van der Waals surface area contributed by atoms with Gasteiger partial charge in [-0.15, -0.1) is 0 Å². The first-order chi connectivity index (χ1) is 13.0. The zero-order valence-corrected chi connectivity index (χ0v) is 15.4. The lowest BCUT2D eigenvalue weighted by atomic mass is 9.99. The van der Waals surface area contributed by atoms with Crippen molar-refractivity contribution < 1.29 is 9.53 Å². The van der Waals surface area contributed by atoms with Crippen LogP contribution < -0.4 is 15.6 Å². The van der Waals surface area contributed by atoms with E-state index in [-0.39, 0.29) is 11.5 Å². The highest BCUT2D eigenvalue weighted by atomic mass is 16.5. The Labute approximate surface area is 157 Å². The van der Waals surface area contributed by atoms with Crippen LogP contribution in [0.25, 0.3) is 21.9 Å². The first-order valence-electron chi connectivity index (χ1n) is 9.18. The number of hydrogen-bond acceptors (Lipinski definition) is 3. The number of nitrogens with zero attached hydrogens (tertiary/aromatic N) is 1. The molecule has 4 rings (SSSR count). The molecule has 1 saturated carbocycles. The third kappa shape index (κ3) is 3.72. The highest BCUT2D eigenvalue weighted by Gasteiger charge is 2.26. The van der Waals surface area contributed by atoms with Crippen molar-refractivity contribution in [1.29, 1.82) is 0 Å². The second-order valence-electron chi connectivity index (χ2n) is 7.10. The van der Waals surface area contributed by atoms with E-state index in [0.717, 1.165) is 34.7 Å². The van der Waals surface area contributed by atoms with E-state index in [1.54, 1.807) is 24.6 Å². The highest BCUT2D eigenvalue weighted by molar-refractivity contribution is 5.97. The number of fused-ring (bicyclic) bond motifs is 1. The molecule has 1 fully saturated rings. The van der Waals surface area contributed by atoms with Gasteiger partial charge in [-0.25, -0.2) is 0 Å². The molecule has 5 heteroatoms. The van der Waals surface area contributed by atoms with Crippen molar-refractivity contribution in [2.24, 2.45) is 7.05 Å². The summed E-state index contributed by atoms with van der Waals surface area (Å²) in [4.78, 5) is 24.0. The molecule has 0 saturated heterocycles. The number of nitrogens with one attached hydrogen (secondary N) is 1. The van der Waals surface area contributed by atoms with Crippen LogP contribution in [0.3, 0.4) is 0 Å². The lowest BCUT2D eigenvalue weighted by molar-refractivity contribution is -0.127. The Hall–Kier alpha value is -3.08. The molecule has 1 amide bonds. The molecule has 1 atom stereocenters. The summed E-state index contributed by atoms with van der Waals surface area (Å²) in [6, 6.07) is 15.6. The normalized spacial score (nSPS) is 14.7. The number of carbonyl (C=O) groups is 1. The lowest BCUT2D eigenvalue weighted by Gasteiger charge is -2.17. The molecule has 0 spiro atoms. The summed E-state index contributed by atoms with van der Waals surface area (Å²) in [6.45, 7) is 1.76. The predicted octanol–water partition coefficient (Wildman–Crippen LogP) is 3.25. The Morgan fingerprint density at radius 1 is 1.19 bits per heavy atom. The second kappa shape index (κ2) is 6.91. The third-order valence-corrected chi connectivity index (χ3v) is 4.84. The Morgan fingerprint density at radius 2 is 1.96 bits per heavy atom. The van der Waals surface area contributed by atoms with Gasteiger partial charge in [-0.2, -0.15) is 0 Å². The molecule has 0 bridgehead atoms. The smallest absolute Gasteiger partial charge is 0.260 e. The van der Waals surface area contributed by atoms with Gasteiger partial charge >= 0.3 is 0 Å². The van der Waals surface area contributed by atoms with Gasteiger partial charge in [0.15, 0.2) is 6.10 Å². The summed E-state index contributed by atoms with van der Waals surface area (Å²) in [5.41, 5.74) is 1.84. The van der Waals surface area contributed by atoms with E-state index in [1.165, 1.54) is 0 Å². The largest absolute Gasteiger partial charge is 0.481 e. The molecule has 138 valence electrons. The SMILES string of the molecule is CC(Oc1cc(-c2ccc(=O)n(C)c2)c2ccccc2c1)C(=O)NC1CC1. The van der Waals surface area contributed by atoms with Crippen LogP contribution in [0.4, 0.5) is 0 Å². The molecular formula is C22H22N2O3. The van der Waals surface area contributed by atoms with Gasteiger partial charge in [-0.05, 0) is 59.9 Å². The Balaban J connectivity index is 1.72. The number of benzene rings is 2. The summed E-state index contributed by atoms with van der Waals surface area (Å²) in [5, 5.41) is 5.06. The fraction of sp³-hybridized carbons (Fsp3) is 0.273. The zero-order valence-electron chi connectivity index (χ0n) is 15.4. The van der Waals surface area contributed by atoms with Crippen LogP contribution in [0.1, 0.15) is 19.8 Å². The molecule has 1 aromatic heterocycles. The molecule has 2 aromatic carbocycles. The summed E-state index contributed by atoms with van der Waals surface area (Å²) < 4.78 is 7.51. The molecule has 1 aliphatic rings. The van der Waals surface area contributed by atoms with Crippen LogP contribution in [-0.2, 0) is 11.8 Å². The van der Waals surface area contributed by atoms with Crippen molar-refractivity contribution in [2.45, 2.75) is 31.9 Å². The van der Waals surface area contributed by atoms with Crippen molar-refractivity contribution in [3.8, 4) is 16.9 Å². The number of ether oxygens (including phenoxy) is 1. The minimum atomic E-state index is -0.570. The van der Waals surface area contributed by atoms with Crippen molar-refractivity contribution in [3.05, 3.63) is 65.1 Å².